The number of hydrogen-bond donors (Lipinski definition) is 1. The van der Waals surface area contributed by atoms with Gasteiger partial charge in [0.25, 0.3) is 0 Å². The maximum Gasteiger partial charge on any atom is 0.348 e. The first kappa shape index (κ1) is 20.5. The maximum atomic E-state index is 12.5. The molecule has 0 spiro atoms. The molecule has 0 atom stereocenters. The van der Waals surface area contributed by atoms with E-state index in [0.29, 0.717) is 11.5 Å². The smallest absolute Gasteiger partial charge is 0.348 e. The second-order valence-electron chi connectivity index (χ2n) is 8.31. The molecule has 6 nitrogen and oxygen atoms in total. The molecule has 2 aliphatic heterocycles. The molecule has 0 aromatic carbocycles. The predicted molar refractivity (Wildman–Crippen MR) is 117 cm³/mol. The largest absolute Gasteiger partial charge is 0.462 e. The molecule has 2 aromatic rings. The first-order valence-corrected chi connectivity index (χ1v) is 12.0. The molecule has 29 heavy (non-hydrogen) atoms. The highest BCUT2D eigenvalue weighted by Crippen LogP contribution is 2.36. The highest BCUT2D eigenvalue weighted by Gasteiger charge is 2.25. The van der Waals surface area contributed by atoms with E-state index in [0.717, 1.165) is 47.1 Å². The van der Waals surface area contributed by atoms with Crippen molar-refractivity contribution < 1.29 is 14.4 Å². The van der Waals surface area contributed by atoms with Crippen LogP contribution in [0.3, 0.4) is 0 Å². The Morgan fingerprint density at radius 3 is 2.45 bits per heavy atom. The average Bonchev–Trinajstić information content (AvgIpc) is 2.90. The van der Waals surface area contributed by atoms with Gasteiger partial charge in [0.2, 0.25) is 0 Å². The summed E-state index contributed by atoms with van der Waals surface area (Å²) in [7, 11) is 0. The van der Waals surface area contributed by atoms with E-state index in [1.54, 1.807) is 4.90 Å². The van der Waals surface area contributed by atoms with Gasteiger partial charge < -0.3 is 14.5 Å². The molecular weight excluding hydrogens is 384 g/mol. The lowest BCUT2D eigenvalue weighted by Crippen LogP contribution is -3.11. The van der Waals surface area contributed by atoms with E-state index < -0.39 is 0 Å². The number of fused-ring (bicyclic) bond motifs is 1. The number of likely N-dealkylation sites (tertiary alicyclic amines) is 1. The number of thiophene rings is 1. The second-order valence-corrected chi connectivity index (χ2v) is 9.31. The van der Waals surface area contributed by atoms with Gasteiger partial charge >= 0.3 is 5.97 Å². The molecule has 0 saturated carbocycles. The standard InChI is InChI=1S/C22H32N4O2S/c1-3-28-22(27)19-16(2)18-20(26-13-9-4-5-10-14-26)23-17(24-21(18)29-19)15-25-11-7-6-8-12-25/h3-15H2,1-2H3/p+1. The highest BCUT2D eigenvalue weighted by atomic mass is 32.1. The van der Waals surface area contributed by atoms with E-state index in [1.165, 1.54) is 69.4 Å². The summed E-state index contributed by atoms with van der Waals surface area (Å²) in [5.41, 5.74) is 0.972. The van der Waals surface area contributed by atoms with Gasteiger partial charge in [0.05, 0.1) is 25.1 Å². The molecule has 158 valence electrons. The van der Waals surface area contributed by atoms with E-state index in [-0.39, 0.29) is 5.97 Å². The van der Waals surface area contributed by atoms with Crippen molar-refractivity contribution in [3.05, 3.63) is 16.3 Å². The van der Waals surface area contributed by atoms with Crippen LogP contribution in [0, 0.1) is 6.92 Å². The van der Waals surface area contributed by atoms with E-state index >= 15 is 0 Å². The number of nitrogens with zero attached hydrogens (tertiary/aromatic N) is 3. The van der Waals surface area contributed by atoms with Crippen LogP contribution < -0.4 is 9.80 Å². The Hall–Kier alpha value is -1.73. The van der Waals surface area contributed by atoms with Crippen LogP contribution in [0.1, 0.15) is 72.9 Å². The number of carbonyl (C=O) groups is 1. The minimum atomic E-state index is -0.238. The van der Waals surface area contributed by atoms with Crippen LogP contribution in [0.5, 0.6) is 0 Å². The summed E-state index contributed by atoms with van der Waals surface area (Å²) < 4.78 is 5.30. The number of esters is 1. The number of nitrogens with one attached hydrogen (secondary N) is 1. The van der Waals surface area contributed by atoms with Crippen LogP contribution in [0.15, 0.2) is 0 Å². The fourth-order valence-electron chi connectivity index (χ4n) is 4.59. The fraction of sp³-hybridized carbons (Fsp3) is 0.682. The third-order valence-electron chi connectivity index (χ3n) is 6.15. The van der Waals surface area contributed by atoms with Crippen LogP contribution in [0.25, 0.3) is 10.2 Å². The molecule has 0 unspecified atom stereocenters. The SMILES string of the molecule is CCOC(=O)c1sc2nc(C[NH+]3CCCCC3)nc(N3CCCCCC3)c2c1C. The Labute approximate surface area is 177 Å². The van der Waals surface area contributed by atoms with Crippen molar-refractivity contribution in [2.24, 2.45) is 0 Å². The van der Waals surface area contributed by atoms with Crippen molar-refractivity contribution in [2.45, 2.75) is 65.3 Å². The lowest BCUT2D eigenvalue weighted by atomic mass is 10.1. The first-order chi connectivity index (χ1) is 14.2. The summed E-state index contributed by atoms with van der Waals surface area (Å²) in [6.07, 6.45) is 8.90. The van der Waals surface area contributed by atoms with Gasteiger partial charge in [0, 0.05) is 13.1 Å². The number of aryl methyl sites for hydroxylation is 1. The number of quaternary nitrogens is 1. The molecule has 1 N–H and O–H groups in total. The van der Waals surface area contributed by atoms with Gasteiger partial charge in [-0.05, 0) is 51.5 Å². The van der Waals surface area contributed by atoms with E-state index in [1.807, 2.05) is 13.8 Å². The molecule has 0 amide bonds. The minimum Gasteiger partial charge on any atom is -0.462 e. The Morgan fingerprint density at radius 1 is 1.07 bits per heavy atom. The Bertz CT molecular complexity index is 852. The van der Waals surface area contributed by atoms with Crippen LogP contribution in [-0.4, -0.2) is 48.7 Å². The third kappa shape index (κ3) is 4.56. The number of hydrogen-bond acceptors (Lipinski definition) is 6. The van der Waals surface area contributed by atoms with E-state index in [4.69, 9.17) is 14.7 Å². The number of rotatable bonds is 5. The Kier molecular flexibility index (Phi) is 6.65. The van der Waals surface area contributed by atoms with Crippen molar-refractivity contribution in [3.8, 4) is 0 Å². The van der Waals surface area contributed by atoms with Crippen LogP contribution in [0.4, 0.5) is 5.82 Å². The lowest BCUT2D eigenvalue weighted by molar-refractivity contribution is -0.919. The zero-order chi connectivity index (χ0) is 20.2. The minimum absolute atomic E-state index is 0.238. The summed E-state index contributed by atoms with van der Waals surface area (Å²) in [4.78, 5) is 28.1. The van der Waals surface area contributed by atoms with E-state index in [9.17, 15) is 4.79 Å². The molecule has 2 saturated heterocycles. The van der Waals surface area contributed by atoms with Crippen LogP contribution >= 0.6 is 11.3 Å². The lowest BCUT2D eigenvalue weighted by Gasteiger charge is -2.25. The van der Waals surface area contributed by atoms with Crippen molar-refractivity contribution in [3.63, 3.8) is 0 Å². The molecule has 2 aromatic heterocycles. The Balaban J connectivity index is 1.75. The zero-order valence-corrected chi connectivity index (χ0v) is 18.6. The van der Waals surface area contributed by atoms with Gasteiger partial charge in [-0.25, -0.2) is 14.8 Å². The molecule has 0 aliphatic carbocycles. The quantitative estimate of drug-likeness (QED) is 0.758. The maximum absolute atomic E-state index is 12.5. The summed E-state index contributed by atoms with van der Waals surface area (Å²) in [5, 5.41) is 1.05. The normalized spacial score (nSPS) is 18.8. The predicted octanol–water partition coefficient (Wildman–Crippen LogP) is 3.13. The highest BCUT2D eigenvalue weighted by molar-refractivity contribution is 7.20. The summed E-state index contributed by atoms with van der Waals surface area (Å²) in [5.74, 6) is 1.72. The van der Waals surface area contributed by atoms with Crippen molar-refractivity contribution in [1.29, 1.82) is 0 Å². The van der Waals surface area contributed by atoms with Crippen molar-refractivity contribution in [2.75, 3.05) is 37.7 Å². The van der Waals surface area contributed by atoms with Gasteiger partial charge in [-0.2, -0.15) is 0 Å². The summed E-state index contributed by atoms with van der Waals surface area (Å²) >= 11 is 1.47. The number of carbonyl (C=O) groups excluding carboxylic acids is 1. The van der Waals surface area contributed by atoms with E-state index in [2.05, 4.69) is 4.90 Å². The van der Waals surface area contributed by atoms with Crippen molar-refractivity contribution in [1.82, 2.24) is 9.97 Å². The third-order valence-corrected chi connectivity index (χ3v) is 7.32. The van der Waals surface area contributed by atoms with Gasteiger partial charge in [-0.1, -0.05) is 12.8 Å². The van der Waals surface area contributed by atoms with Gasteiger partial charge in [0.1, 0.15) is 22.1 Å². The molecule has 7 heteroatoms. The molecule has 4 rings (SSSR count). The fourth-order valence-corrected chi connectivity index (χ4v) is 5.68. The molecule has 4 heterocycles. The van der Waals surface area contributed by atoms with Crippen molar-refractivity contribution >= 4 is 33.3 Å². The van der Waals surface area contributed by atoms with Gasteiger partial charge in [-0.3, -0.25) is 0 Å². The zero-order valence-electron chi connectivity index (χ0n) is 17.8. The molecule has 2 fully saturated rings. The topological polar surface area (TPSA) is 59.8 Å². The average molecular weight is 418 g/mol. The van der Waals surface area contributed by atoms with Crippen LogP contribution in [0.2, 0.25) is 0 Å². The molecular formula is C22H33N4O2S+. The summed E-state index contributed by atoms with van der Waals surface area (Å²) in [6, 6.07) is 0. The molecule has 0 bridgehead atoms. The Morgan fingerprint density at radius 2 is 1.76 bits per heavy atom. The summed E-state index contributed by atoms with van der Waals surface area (Å²) in [6.45, 7) is 9.62. The molecule has 0 radical (unpaired) electrons. The monoisotopic (exact) mass is 417 g/mol. The molecule has 2 aliphatic rings. The van der Waals surface area contributed by atoms with Gasteiger partial charge in [-0.15, -0.1) is 11.3 Å². The number of aromatic nitrogens is 2. The number of anilines is 1. The first-order valence-electron chi connectivity index (χ1n) is 11.2. The number of ether oxygens (including phenoxy) is 1. The van der Waals surface area contributed by atoms with Crippen LogP contribution in [-0.2, 0) is 11.3 Å². The second kappa shape index (κ2) is 9.39. The van der Waals surface area contributed by atoms with Gasteiger partial charge in [0.15, 0.2) is 5.82 Å². The number of piperidine rings is 1.